The van der Waals surface area contributed by atoms with E-state index in [9.17, 15) is 4.79 Å². The standard InChI is InChI=1S/C17H36N2O2/c1-9-15(10-2)19(11-13(3)4)12-17(7,16(20)21-8)18-14(5)6/h13-15,18H,9-12H2,1-8H3. The van der Waals surface area contributed by atoms with Crippen LogP contribution in [-0.4, -0.2) is 48.7 Å². The van der Waals surface area contributed by atoms with Gasteiger partial charge in [-0.05, 0) is 39.5 Å². The quantitative estimate of drug-likeness (QED) is 0.630. The van der Waals surface area contributed by atoms with Crippen LogP contribution in [0, 0.1) is 5.92 Å². The molecule has 0 rings (SSSR count). The van der Waals surface area contributed by atoms with Gasteiger partial charge in [-0.1, -0.05) is 27.7 Å². The second-order valence-electron chi connectivity index (χ2n) is 6.92. The fourth-order valence-corrected chi connectivity index (χ4v) is 3.05. The highest BCUT2D eigenvalue weighted by atomic mass is 16.5. The van der Waals surface area contributed by atoms with Gasteiger partial charge in [-0.25, -0.2) is 0 Å². The summed E-state index contributed by atoms with van der Waals surface area (Å²) >= 11 is 0. The minimum Gasteiger partial charge on any atom is -0.468 e. The van der Waals surface area contributed by atoms with Gasteiger partial charge in [0.05, 0.1) is 7.11 Å². The third kappa shape index (κ3) is 6.79. The fourth-order valence-electron chi connectivity index (χ4n) is 3.05. The Kier molecular flexibility index (Phi) is 9.14. The van der Waals surface area contributed by atoms with Gasteiger partial charge in [0.1, 0.15) is 5.54 Å². The number of carbonyl (C=O) groups is 1. The molecule has 1 atom stereocenters. The Labute approximate surface area is 131 Å². The number of hydrogen-bond acceptors (Lipinski definition) is 4. The highest BCUT2D eigenvalue weighted by Crippen LogP contribution is 2.18. The molecule has 0 heterocycles. The molecule has 1 unspecified atom stereocenters. The van der Waals surface area contributed by atoms with Crippen molar-refractivity contribution in [2.45, 2.75) is 78.9 Å². The van der Waals surface area contributed by atoms with Crippen molar-refractivity contribution in [3.05, 3.63) is 0 Å². The minimum atomic E-state index is -0.666. The van der Waals surface area contributed by atoms with E-state index >= 15 is 0 Å². The van der Waals surface area contributed by atoms with Crippen molar-refractivity contribution in [3.8, 4) is 0 Å². The predicted molar refractivity (Wildman–Crippen MR) is 89.5 cm³/mol. The van der Waals surface area contributed by atoms with E-state index < -0.39 is 5.54 Å². The van der Waals surface area contributed by atoms with Gasteiger partial charge < -0.3 is 4.74 Å². The Morgan fingerprint density at radius 2 is 1.71 bits per heavy atom. The summed E-state index contributed by atoms with van der Waals surface area (Å²) in [4.78, 5) is 14.7. The molecule has 0 aromatic rings. The van der Waals surface area contributed by atoms with E-state index in [1.807, 2.05) is 6.92 Å². The second-order valence-corrected chi connectivity index (χ2v) is 6.92. The predicted octanol–water partition coefficient (Wildman–Crippen LogP) is 3.06. The van der Waals surface area contributed by atoms with Crippen LogP contribution >= 0.6 is 0 Å². The molecule has 0 spiro atoms. The fraction of sp³-hybridized carbons (Fsp3) is 0.941. The van der Waals surface area contributed by atoms with Crippen LogP contribution in [-0.2, 0) is 9.53 Å². The number of methoxy groups -OCH3 is 1. The van der Waals surface area contributed by atoms with Crippen LogP contribution in [0.25, 0.3) is 0 Å². The number of esters is 1. The van der Waals surface area contributed by atoms with Crippen LogP contribution in [0.5, 0.6) is 0 Å². The van der Waals surface area contributed by atoms with Crippen LogP contribution in [0.1, 0.15) is 61.3 Å². The molecule has 0 aliphatic rings. The second kappa shape index (κ2) is 9.42. The van der Waals surface area contributed by atoms with Gasteiger partial charge in [-0.15, -0.1) is 0 Å². The molecule has 0 aromatic carbocycles. The third-order valence-corrected chi connectivity index (χ3v) is 3.82. The number of carbonyl (C=O) groups excluding carboxylic acids is 1. The molecule has 4 heteroatoms. The molecular weight excluding hydrogens is 264 g/mol. The molecule has 0 bridgehead atoms. The molecule has 0 aliphatic heterocycles. The average Bonchev–Trinajstić information content (AvgIpc) is 2.37. The van der Waals surface area contributed by atoms with E-state index in [1.165, 1.54) is 7.11 Å². The van der Waals surface area contributed by atoms with Crippen molar-refractivity contribution in [2.24, 2.45) is 5.92 Å². The van der Waals surface area contributed by atoms with Crippen molar-refractivity contribution in [2.75, 3.05) is 20.2 Å². The van der Waals surface area contributed by atoms with E-state index in [1.54, 1.807) is 0 Å². The first-order valence-corrected chi connectivity index (χ1v) is 8.30. The molecule has 0 aromatic heterocycles. The van der Waals surface area contributed by atoms with Gasteiger partial charge in [-0.3, -0.25) is 15.0 Å². The molecule has 0 amide bonds. The van der Waals surface area contributed by atoms with E-state index in [4.69, 9.17) is 4.74 Å². The monoisotopic (exact) mass is 300 g/mol. The molecule has 21 heavy (non-hydrogen) atoms. The van der Waals surface area contributed by atoms with Crippen LogP contribution in [0.2, 0.25) is 0 Å². The summed E-state index contributed by atoms with van der Waals surface area (Å²) in [5.41, 5.74) is -0.666. The average molecular weight is 300 g/mol. The SMILES string of the molecule is CCC(CC)N(CC(C)C)CC(C)(NC(C)C)C(=O)OC. The van der Waals surface area contributed by atoms with Crippen LogP contribution < -0.4 is 5.32 Å². The number of ether oxygens (including phenoxy) is 1. The topological polar surface area (TPSA) is 41.6 Å². The molecule has 0 fully saturated rings. The Morgan fingerprint density at radius 1 is 1.19 bits per heavy atom. The van der Waals surface area contributed by atoms with Crippen molar-refractivity contribution in [1.29, 1.82) is 0 Å². The van der Waals surface area contributed by atoms with Gasteiger partial charge in [-0.2, -0.15) is 0 Å². The minimum absolute atomic E-state index is 0.184. The Balaban J connectivity index is 5.23. The maximum absolute atomic E-state index is 12.3. The zero-order chi connectivity index (χ0) is 16.6. The lowest BCUT2D eigenvalue weighted by Crippen LogP contribution is -2.61. The molecule has 0 saturated carbocycles. The van der Waals surface area contributed by atoms with E-state index in [0.717, 1.165) is 19.4 Å². The largest absolute Gasteiger partial charge is 0.468 e. The summed E-state index contributed by atoms with van der Waals surface area (Å²) in [5, 5.41) is 3.40. The normalized spacial score (nSPS) is 15.0. The molecule has 126 valence electrons. The number of nitrogens with zero attached hydrogens (tertiary/aromatic N) is 1. The van der Waals surface area contributed by atoms with Crippen molar-refractivity contribution < 1.29 is 9.53 Å². The lowest BCUT2D eigenvalue weighted by atomic mass is 9.97. The molecular formula is C17H36N2O2. The van der Waals surface area contributed by atoms with Gasteiger partial charge in [0.2, 0.25) is 0 Å². The highest BCUT2D eigenvalue weighted by Gasteiger charge is 2.38. The van der Waals surface area contributed by atoms with Gasteiger partial charge >= 0.3 is 5.97 Å². The summed E-state index contributed by atoms with van der Waals surface area (Å²) in [6.07, 6.45) is 2.20. The van der Waals surface area contributed by atoms with Crippen molar-refractivity contribution in [1.82, 2.24) is 10.2 Å². The molecule has 0 radical (unpaired) electrons. The van der Waals surface area contributed by atoms with E-state index in [0.29, 0.717) is 18.5 Å². The Morgan fingerprint density at radius 3 is 2.05 bits per heavy atom. The summed E-state index contributed by atoms with van der Waals surface area (Å²) < 4.78 is 5.04. The molecule has 0 aliphatic carbocycles. The summed E-state index contributed by atoms with van der Waals surface area (Å²) in [6, 6.07) is 0.738. The summed E-state index contributed by atoms with van der Waals surface area (Å²) in [6.45, 7) is 16.6. The van der Waals surface area contributed by atoms with Crippen molar-refractivity contribution in [3.63, 3.8) is 0 Å². The first-order valence-electron chi connectivity index (χ1n) is 8.30. The van der Waals surface area contributed by atoms with Gasteiger partial charge in [0.15, 0.2) is 0 Å². The smallest absolute Gasteiger partial charge is 0.327 e. The third-order valence-electron chi connectivity index (χ3n) is 3.82. The van der Waals surface area contributed by atoms with Crippen LogP contribution in [0.3, 0.4) is 0 Å². The van der Waals surface area contributed by atoms with Crippen LogP contribution in [0.15, 0.2) is 0 Å². The van der Waals surface area contributed by atoms with Crippen molar-refractivity contribution >= 4 is 5.97 Å². The van der Waals surface area contributed by atoms with Crippen LogP contribution in [0.4, 0.5) is 0 Å². The lowest BCUT2D eigenvalue weighted by molar-refractivity contribution is -0.149. The van der Waals surface area contributed by atoms with E-state index in [2.05, 4.69) is 51.8 Å². The maximum atomic E-state index is 12.3. The molecule has 4 nitrogen and oxygen atoms in total. The summed E-state index contributed by atoms with van der Waals surface area (Å²) in [7, 11) is 1.46. The Hall–Kier alpha value is -0.610. The van der Waals surface area contributed by atoms with E-state index in [-0.39, 0.29) is 12.0 Å². The lowest BCUT2D eigenvalue weighted by Gasteiger charge is -2.39. The summed E-state index contributed by atoms with van der Waals surface area (Å²) in [5.74, 6) is 0.391. The number of hydrogen-bond donors (Lipinski definition) is 1. The molecule has 1 N–H and O–H groups in total. The highest BCUT2D eigenvalue weighted by molar-refractivity contribution is 5.80. The van der Waals surface area contributed by atoms with Gasteiger partial charge in [0.25, 0.3) is 0 Å². The number of rotatable bonds is 10. The Bertz CT molecular complexity index is 301. The molecule has 0 saturated heterocycles. The maximum Gasteiger partial charge on any atom is 0.327 e. The first kappa shape index (κ1) is 20.4. The van der Waals surface area contributed by atoms with Gasteiger partial charge in [0, 0.05) is 25.2 Å². The zero-order valence-electron chi connectivity index (χ0n) is 15.3. The number of nitrogens with one attached hydrogen (secondary N) is 1. The first-order chi connectivity index (χ1) is 9.69. The zero-order valence-corrected chi connectivity index (χ0v) is 15.3.